The Labute approximate surface area is 170 Å². The first-order valence-electron chi connectivity index (χ1n) is 9.81. The largest absolute Gasteiger partial charge is 0.458 e. The van der Waals surface area contributed by atoms with Crippen molar-refractivity contribution in [3.8, 4) is 6.07 Å². The van der Waals surface area contributed by atoms with E-state index < -0.39 is 5.60 Å². The van der Waals surface area contributed by atoms with Gasteiger partial charge in [-0.25, -0.2) is 4.79 Å². The molecule has 0 aliphatic heterocycles. The SMILES string of the molecule is CC(C)(C)OC(=O)CO[C@H]1CC[C@H](NC(=O)c2cc3cc(C#N)ccc3o2)CC1. The van der Waals surface area contributed by atoms with Crippen LogP contribution < -0.4 is 5.32 Å². The quantitative estimate of drug-likeness (QED) is 0.771. The van der Waals surface area contributed by atoms with E-state index in [4.69, 9.17) is 19.2 Å². The number of hydrogen-bond donors (Lipinski definition) is 1. The topological polar surface area (TPSA) is 102 Å². The van der Waals surface area contributed by atoms with E-state index in [1.807, 2.05) is 20.8 Å². The summed E-state index contributed by atoms with van der Waals surface area (Å²) in [7, 11) is 0. The van der Waals surface area contributed by atoms with Gasteiger partial charge in [0.05, 0.1) is 17.7 Å². The number of ether oxygens (including phenoxy) is 2. The van der Waals surface area contributed by atoms with Gasteiger partial charge in [-0.05, 0) is 70.7 Å². The van der Waals surface area contributed by atoms with Crippen molar-refractivity contribution in [1.29, 1.82) is 5.26 Å². The number of furan rings is 1. The Morgan fingerprint density at radius 3 is 2.59 bits per heavy atom. The molecule has 3 rings (SSSR count). The Kier molecular flexibility index (Phi) is 6.23. The van der Waals surface area contributed by atoms with Crippen molar-refractivity contribution in [3.05, 3.63) is 35.6 Å². The highest BCUT2D eigenvalue weighted by molar-refractivity contribution is 5.96. The van der Waals surface area contributed by atoms with Crippen LogP contribution in [0.2, 0.25) is 0 Å². The molecule has 1 heterocycles. The third-order valence-corrected chi connectivity index (χ3v) is 4.74. The fourth-order valence-electron chi connectivity index (χ4n) is 3.41. The van der Waals surface area contributed by atoms with Crippen LogP contribution in [0.25, 0.3) is 11.0 Å². The summed E-state index contributed by atoms with van der Waals surface area (Å²) in [5, 5.41) is 12.7. The molecule has 1 aromatic carbocycles. The second kappa shape index (κ2) is 8.66. The van der Waals surface area contributed by atoms with Gasteiger partial charge in [0.1, 0.15) is 17.8 Å². The molecule has 1 aromatic heterocycles. The van der Waals surface area contributed by atoms with Crippen LogP contribution in [0.5, 0.6) is 0 Å². The Balaban J connectivity index is 1.46. The highest BCUT2D eigenvalue weighted by Gasteiger charge is 2.25. The Hall–Kier alpha value is -2.85. The van der Waals surface area contributed by atoms with Crippen LogP contribution in [-0.2, 0) is 14.3 Å². The number of esters is 1. The molecule has 1 N–H and O–H groups in total. The van der Waals surface area contributed by atoms with Crippen molar-refractivity contribution >= 4 is 22.8 Å². The fourth-order valence-corrected chi connectivity index (χ4v) is 3.41. The number of hydrogen-bond acceptors (Lipinski definition) is 6. The zero-order valence-electron chi connectivity index (χ0n) is 17.0. The van der Waals surface area contributed by atoms with Crippen LogP contribution in [0, 0.1) is 11.3 Å². The first kappa shape index (κ1) is 20.9. The summed E-state index contributed by atoms with van der Waals surface area (Å²) in [4.78, 5) is 24.3. The molecular formula is C22H26N2O5. The summed E-state index contributed by atoms with van der Waals surface area (Å²) in [5.74, 6) is -0.395. The van der Waals surface area contributed by atoms with Crippen LogP contribution in [0.1, 0.15) is 62.6 Å². The lowest BCUT2D eigenvalue weighted by molar-refractivity contribution is -0.162. The first-order chi connectivity index (χ1) is 13.7. The molecule has 7 nitrogen and oxygen atoms in total. The fraction of sp³-hybridized carbons (Fsp3) is 0.500. The maximum atomic E-state index is 12.5. The monoisotopic (exact) mass is 398 g/mol. The van der Waals surface area contributed by atoms with E-state index in [0.717, 1.165) is 31.1 Å². The normalized spacial score (nSPS) is 19.5. The van der Waals surface area contributed by atoms with Crippen molar-refractivity contribution < 1.29 is 23.5 Å². The van der Waals surface area contributed by atoms with Gasteiger partial charge in [-0.15, -0.1) is 0 Å². The van der Waals surface area contributed by atoms with Crippen LogP contribution in [0.3, 0.4) is 0 Å². The molecule has 154 valence electrons. The minimum atomic E-state index is -0.519. The minimum absolute atomic E-state index is 0.00808. The van der Waals surface area contributed by atoms with Crippen molar-refractivity contribution in [2.75, 3.05) is 6.61 Å². The standard InChI is InChI=1S/C22H26N2O5/c1-22(2,3)29-20(25)13-27-17-7-5-16(6-8-17)24-21(26)19-11-15-10-14(12-23)4-9-18(15)28-19/h4,9-11,16-17H,5-8,13H2,1-3H3,(H,24,26)/t16-,17-. The van der Waals surface area contributed by atoms with Crippen molar-refractivity contribution in [2.45, 2.75) is 64.2 Å². The number of carbonyl (C=O) groups excluding carboxylic acids is 2. The number of amides is 1. The second-order valence-corrected chi connectivity index (χ2v) is 8.32. The van der Waals surface area contributed by atoms with Gasteiger partial charge in [-0.3, -0.25) is 4.79 Å². The van der Waals surface area contributed by atoms with E-state index in [1.165, 1.54) is 0 Å². The lowest BCUT2D eigenvalue weighted by Crippen LogP contribution is -2.39. The second-order valence-electron chi connectivity index (χ2n) is 8.32. The smallest absolute Gasteiger partial charge is 0.332 e. The van der Waals surface area contributed by atoms with Crippen molar-refractivity contribution in [2.24, 2.45) is 0 Å². The average molecular weight is 398 g/mol. The molecule has 1 fully saturated rings. The number of fused-ring (bicyclic) bond motifs is 1. The number of nitriles is 1. The Morgan fingerprint density at radius 1 is 1.21 bits per heavy atom. The van der Waals surface area contributed by atoms with E-state index in [1.54, 1.807) is 24.3 Å². The molecule has 0 saturated heterocycles. The summed E-state index contributed by atoms with van der Waals surface area (Å²) in [6.07, 6.45) is 3.05. The molecular weight excluding hydrogens is 372 g/mol. The maximum Gasteiger partial charge on any atom is 0.332 e. The minimum Gasteiger partial charge on any atom is -0.458 e. The molecule has 1 amide bonds. The number of carbonyl (C=O) groups is 2. The summed E-state index contributed by atoms with van der Waals surface area (Å²) in [6.45, 7) is 5.42. The first-order valence-corrected chi connectivity index (χ1v) is 9.81. The molecule has 0 bridgehead atoms. The van der Waals surface area contributed by atoms with E-state index in [-0.39, 0.29) is 36.4 Å². The zero-order chi connectivity index (χ0) is 21.0. The number of nitrogens with zero attached hydrogens (tertiary/aromatic N) is 1. The van der Waals surface area contributed by atoms with Gasteiger partial charge in [0, 0.05) is 11.4 Å². The van der Waals surface area contributed by atoms with Crippen molar-refractivity contribution in [3.63, 3.8) is 0 Å². The number of rotatable bonds is 5. The van der Waals surface area contributed by atoms with E-state index >= 15 is 0 Å². The number of nitrogens with one attached hydrogen (secondary N) is 1. The van der Waals surface area contributed by atoms with Crippen LogP contribution in [0.4, 0.5) is 0 Å². The molecule has 1 saturated carbocycles. The van der Waals surface area contributed by atoms with Crippen molar-refractivity contribution in [1.82, 2.24) is 5.32 Å². The highest BCUT2D eigenvalue weighted by Crippen LogP contribution is 2.24. The molecule has 0 radical (unpaired) electrons. The van der Waals surface area contributed by atoms with E-state index in [0.29, 0.717) is 11.1 Å². The summed E-state index contributed by atoms with van der Waals surface area (Å²) < 4.78 is 16.5. The van der Waals surface area contributed by atoms with Crippen LogP contribution >= 0.6 is 0 Å². The molecule has 29 heavy (non-hydrogen) atoms. The molecule has 1 aliphatic carbocycles. The predicted octanol–water partition coefficient (Wildman–Crippen LogP) is 3.70. The highest BCUT2D eigenvalue weighted by atomic mass is 16.6. The summed E-state index contributed by atoms with van der Waals surface area (Å²) in [6, 6.07) is 8.81. The van der Waals surface area contributed by atoms with Gasteiger partial charge in [-0.2, -0.15) is 5.26 Å². The zero-order valence-corrected chi connectivity index (χ0v) is 17.0. The van der Waals surface area contributed by atoms with Gasteiger partial charge in [0.2, 0.25) is 0 Å². The van der Waals surface area contributed by atoms with Crippen LogP contribution in [-0.4, -0.2) is 36.2 Å². The maximum absolute atomic E-state index is 12.5. The molecule has 0 atom stereocenters. The lowest BCUT2D eigenvalue weighted by atomic mass is 9.93. The van der Waals surface area contributed by atoms with E-state index in [2.05, 4.69) is 11.4 Å². The summed E-state index contributed by atoms with van der Waals surface area (Å²) >= 11 is 0. The third-order valence-electron chi connectivity index (χ3n) is 4.74. The van der Waals surface area contributed by atoms with Gasteiger partial charge in [0.25, 0.3) is 5.91 Å². The lowest BCUT2D eigenvalue weighted by Gasteiger charge is -2.29. The Morgan fingerprint density at radius 2 is 1.93 bits per heavy atom. The average Bonchev–Trinajstić information content (AvgIpc) is 3.09. The third kappa shape index (κ3) is 5.81. The molecule has 2 aromatic rings. The molecule has 1 aliphatic rings. The van der Waals surface area contributed by atoms with E-state index in [9.17, 15) is 9.59 Å². The van der Waals surface area contributed by atoms with Gasteiger partial charge in [0.15, 0.2) is 5.76 Å². The molecule has 7 heteroatoms. The Bertz CT molecular complexity index is 927. The number of benzene rings is 1. The van der Waals surface area contributed by atoms with Gasteiger partial charge < -0.3 is 19.2 Å². The molecule has 0 spiro atoms. The van der Waals surface area contributed by atoms with Gasteiger partial charge in [-0.1, -0.05) is 0 Å². The van der Waals surface area contributed by atoms with Gasteiger partial charge >= 0.3 is 5.97 Å². The predicted molar refractivity (Wildman–Crippen MR) is 106 cm³/mol. The molecule has 0 unspecified atom stereocenters. The van der Waals surface area contributed by atoms with Crippen LogP contribution in [0.15, 0.2) is 28.7 Å². The summed E-state index contributed by atoms with van der Waals surface area (Å²) in [5.41, 5.74) is 0.582.